The first-order chi connectivity index (χ1) is 15.9. The number of carbonyl (C=O) groups is 2. The smallest absolute Gasteiger partial charge is 0.330 e. The van der Waals surface area contributed by atoms with Crippen LogP contribution in [0.25, 0.3) is 0 Å². The van der Waals surface area contributed by atoms with Gasteiger partial charge in [0.1, 0.15) is 24.5 Å². The second-order valence-electron chi connectivity index (χ2n) is 8.69. The average Bonchev–Trinajstić information content (AvgIpc) is 3.05. The molecular formula is C21H34N3O9P. The molecule has 1 unspecified atom stereocenters. The number of aromatic amines is 1. The predicted octanol–water partition coefficient (Wildman–Crippen LogP) is 1.36. The Labute approximate surface area is 198 Å². The Hall–Kier alpha value is -2.27. The topological polar surface area (TPSA) is 155 Å². The molecule has 0 saturated carbocycles. The van der Waals surface area contributed by atoms with Crippen LogP contribution in [0.2, 0.25) is 0 Å². The number of ether oxygens (including phenoxy) is 3. The average molecular weight is 503 g/mol. The highest BCUT2D eigenvalue weighted by atomic mass is 31.1. The van der Waals surface area contributed by atoms with E-state index in [0.29, 0.717) is 6.42 Å². The molecule has 13 heteroatoms. The highest BCUT2D eigenvalue weighted by Gasteiger charge is 2.46. The molecule has 1 aliphatic heterocycles. The predicted molar refractivity (Wildman–Crippen MR) is 123 cm³/mol. The van der Waals surface area contributed by atoms with E-state index >= 15 is 0 Å². The Balaban J connectivity index is 2.14. The van der Waals surface area contributed by atoms with E-state index in [4.69, 9.17) is 18.7 Å². The van der Waals surface area contributed by atoms with Gasteiger partial charge in [-0.15, -0.1) is 0 Å². The summed E-state index contributed by atoms with van der Waals surface area (Å²) in [4.78, 5) is 50.2. The lowest BCUT2D eigenvalue weighted by Crippen LogP contribution is -2.37. The number of carbonyl (C=O) groups excluding carboxylic acids is 2. The van der Waals surface area contributed by atoms with Crippen molar-refractivity contribution in [2.45, 2.75) is 78.5 Å². The summed E-state index contributed by atoms with van der Waals surface area (Å²) in [6.07, 6.45) is -1.19. The van der Waals surface area contributed by atoms with E-state index in [0.717, 1.165) is 0 Å². The van der Waals surface area contributed by atoms with E-state index in [1.54, 1.807) is 41.5 Å². The van der Waals surface area contributed by atoms with Crippen molar-refractivity contribution < 1.29 is 32.9 Å². The van der Waals surface area contributed by atoms with Crippen LogP contribution in [0.15, 0.2) is 21.9 Å². The first kappa shape index (κ1) is 28.0. The van der Waals surface area contributed by atoms with Crippen LogP contribution in [-0.4, -0.2) is 52.5 Å². The lowest BCUT2D eigenvalue weighted by molar-refractivity contribution is -0.158. The lowest BCUT2D eigenvalue weighted by atomic mass is 10.0. The van der Waals surface area contributed by atoms with Gasteiger partial charge in [-0.25, -0.2) is 9.88 Å². The zero-order valence-corrected chi connectivity index (χ0v) is 21.2. The minimum atomic E-state index is -2.88. The first-order valence-corrected chi connectivity index (χ1v) is 12.6. The molecule has 0 amide bonds. The molecule has 1 aromatic rings. The van der Waals surface area contributed by atoms with Crippen molar-refractivity contribution in [3.63, 3.8) is 0 Å². The molecule has 12 nitrogen and oxygen atoms in total. The standard InChI is InChI=1S/C21H34N3O9P/c1-7-14(20(27)31-12(4)5)23-34(29)30-10-15-17(33-19(26)11(2)3)13(6)18(32-15)24-9-8-16(25)22-21(24)28/h8-9,11-15,17-18,34H,7,10H2,1-6H3,(H,23,29)(H,22,25,28)/t13-,14-,15+,17-,18+/m0/s1. The molecule has 1 saturated heterocycles. The highest BCUT2D eigenvalue weighted by Crippen LogP contribution is 2.37. The maximum Gasteiger partial charge on any atom is 0.330 e. The SMILES string of the molecule is CC[C@H](N[PH](=O)OC[C@H]1O[C@@H](n2ccc(=O)[nH]c2=O)[C@@H](C)[C@@H]1OC(=O)C(C)C)C(=O)OC(C)C. The number of esters is 2. The monoisotopic (exact) mass is 503 g/mol. The molecular weight excluding hydrogens is 469 g/mol. The number of nitrogens with one attached hydrogen (secondary N) is 2. The Morgan fingerprint density at radius 2 is 1.91 bits per heavy atom. The van der Waals surface area contributed by atoms with Gasteiger partial charge in [0, 0.05) is 18.2 Å². The lowest BCUT2D eigenvalue weighted by Gasteiger charge is -2.23. The van der Waals surface area contributed by atoms with Gasteiger partial charge in [-0.2, -0.15) is 0 Å². The number of hydrogen-bond acceptors (Lipinski definition) is 9. The van der Waals surface area contributed by atoms with Gasteiger partial charge in [0.2, 0.25) is 0 Å². The van der Waals surface area contributed by atoms with Crippen LogP contribution >= 0.6 is 8.18 Å². The first-order valence-electron chi connectivity index (χ1n) is 11.3. The third-order valence-corrected chi connectivity index (χ3v) is 6.23. The van der Waals surface area contributed by atoms with Crippen LogP contribution < -0.4 is 16.3 Å². The number of rotatable bonds is 11. The summed E-state index contributed by atoms with van der Waals surface area (Å²) in [5, 5.41) is 2.63. The zero-order valence-electron chi connectivity index (χ0n) is 20.2. The van der Waals surface area contributed by atoms with Crippen LogP contribution in [0, 0.1) is 11.8 Å². The van der Waals surface area contributed by atoms with Gasteiger partial charge in [0.15, 0.2) is 0 Å². The quantitative estimate of drug-likeness (QED) is 0.334. The van der Waals surface area contributed by atoms with E-state index in [1.807, 2.05) is 0 Å². The molecule has 0 aromatic carbocycles. The summed E-state index contributed by atoms with van der Waals surface area (Å²) in [6, 6.07) is 0.375. The number of hydrogen-bond donors (Lipinski definition) is 2. The molecule has 6 atom stereocenters. The molecule has 2 N–H and O–H groups in total. The van der Waals surface area contributed by atoms with Gasteiger partial charge in [-0.05, 0) is 20.3 Å². The van der Waals surface area contributed by atoms with Gasteiger partial charge in [0.05, 0.1) is 18.6 Å². The molecule has 0 bridgehead atoms. The Bertz CT molecular complexity index is 990. The number of H-pyrrole nitrogens is 1. The largest absolute Gasteiger partial charge is 0.462 e. The molecule has 34 heavy (non-hydrogen) atoms. The summed E-state index contributed by atoms with van der Waals surface area (Å²) in [5.41, 5.74) is -1.23. The minimum absolute atomic E-state index is 0.227. The second-order valence-corrected chi connectivity index (χ2v) is 9.84. The van der Waals surface area contributed by atoms with Crippen molar-refractivity contribution in [2.24, 2.45) is 11.8 Å². The van der Waals surface area contributed by atoms with Crippen LogP contribution in [0.4, 0.5) is 0 Å². The normalized spacial score (nSPS) is 24.2. The molecule has 192 valence electrons. The number of aromatic nitrogens is 2. The molecule has 0 spiro atoms. The molecule has 2 heterocycles. The van der Waals surface area contributed by atoms with Crippen LogP contribution in [0.1, 0.15) is 54.2 Å². The fourth-order valence-corrected chi connectivity index (χ4v) is 4.40. The Kier molecular flexibility index (Phi) is 10.2. The van der Waals surface area contributed by atoms with Crippen molar-refractivity contribution in [3.05, 3.63) is 33.1 Å². The van der Waals surface area contributed by atoms with E-state index in [-0.39, 0.29) is 12.7 Å². The molecule has 0 aliphatic carbocycles. The van der Waals surface area contributed by atoms with Crippen LogP contribution in [0.5, 0.6) is 0 Å². The van der Waals surface area contributed by atoms with E-state index in [2.05, 4.69) is 10.1 Å². The fraction of sp³-hybridized carbons (Fsp3) is 0.714. The summed E-state index contributed by atoms with van der Waals surface area (Å²) >= 11 is 0. The van der Waals surface area contributed by atoms with Gasteiger partial charge in [0.25, 0.3) is 13.7 Å². The van der Waals surface area contributed by atoms with E-state index < -0.39 is 67.7 Å². The third kappa shape index (κ3) is 7.36. The Morgan fingerprint density at radius 1 is 1.24 bits per heavy atom. The number of nitrogens with zero attached hydrogens (tertiary/aromatic N) is 1. The molecule has 2 rings (SSSR count). The summed E-state index contributed by atoms with van der Waals surface area (Å²) in [6.45, 7) is 10.0. The van der Waals surface area contributed by atoms with Crippen molar-refractivity contribution in [3.8, 4) is 0 Å². The summed E-state index contributed by atoms with van der Waals surface area (Å²) in [5.74, 6) is -1.89. The summed E-state index contributed by atoms with van der Waals surface area (Å²) < 4.78 is 35.8. The third-order valence-electron chi connectivity index (χ3n) is 5.21. The van der Waals surface area contributed by atoms with Gasteiger partial charge in [-0.1, -0.05) is 27.7 Å². The fourth-order valence-electron chi connectivity index (χ4n) is 3.40. The van der Waals surface area contributed by atoms with E-state index in [9.17, 15) is 23.7 Å². The zero-order chi connectivity index (χ0) is 25.6. The molecule has 1 aromatic heterocycles. The maximum absolute atomic E-state index is 12.5. The molecule has 1 aliphatic rings. The maximum atomic E-state index is 12.5. The highest BCUT2D eigenvalue weighted by molar-refractivity contribution is 7.36. The Morgan fingerprint density at radius 3 is 2.47 bits per heavy atom. The van der Waals surface area contributed by atoms with Crippen molar-refractivity contribution in [1.29, 1.82) is 0 Å². The summed E-state index contributed by atoms with van der Waals surface area (Å²) in [7, 11) is -2.88. The van der Waals surface area contributed by atoms with Crippen molar-refractivity contribution >= 4 is 20.1 Å². The van der Waals surface area contributed by atoms with Crippen molar-refractivity contribution in [1.82, 2.24) is 14.6 Å². The van der Waals surface area contributed by atoms with Gasteiger partial charge < -0.3 is 18.7 Å². The van der Waals surface area contributed by atoms with E-state index in [1.165, 1.54) is 16.8 Å². The van der Waals surface area contributed by atoms with Crippen molar-refractivity contribution in [2.75, 3.05) is 6.61 Å². The molecule has 0 radical (unpaired) electrons. The van der Waals surface area contributed by atoms with Gasteiger partial charge >= 0.3 is 17.6 Å². The second kappa shape index (κ2) is 12.4. The van der Waals surface area contributed by atoms with Crippen LogP contribution in [-0.2, 0) is 32.9 Å². The van der Waals surface area contributed by atoms with Crippen LogP contribution in [0.3, 0.4) is 0 Å². The minimum Gasteiger partial charge on any atom is -0.462 e. The molecule has 1 fully saturated rings. The van der Waals surface area contributed by atoms with Gasteiger partial charge in [-0.3, -0.25) is 28.5 Å².